The van der Waals surface area contributed by atoms with Gasteiger partial charge in [0.15, 0.2) is 12.1 Å². The van der Waals surface area contributed by atoms with Crippen LogP contribution in [0.3, 0.4) is 0 Å². The lowest BCUT2D eigenvalue weighted by Crippen LogP contribution is -2.31. The number of nitrogens with one attached hydrogen (secondary N) is 1. The molecule has 0 bridgehead atoms. The number of imidazole rings is 1. The van der Waals surface area contributed by atoms with Gasteiger partial charge in [-0.15, -0.1) is 0 Å². The molecule has 0 radical (unpaired) electrons. The fraction of sp³-hybridized carbons (Fsp3) is 0.111. The van der Waals surface area contributed by atoms with Crippen LogP contribution in [-0.4, -0.2) is 15.5 Å². The predicted molar refractivity (Wildman–Crippen MR) is 94.1 cm³/mol. The van der Waals surface area contributed by atoms with Crippen LogP contribution in [0.1, 0.15) is 18.7 Å². The second-order valence-corrected chi connectivity index (χ2v) is 5.61. The van der Waals surface area contributed by atoms with E-state index in [0.717, 1.165) is 28.1 Å². The van der Waals surface area contributed by atoms with Crippen molar-refractivity contribution < 1.29 is 0 Å². The van der Waals surface area contributed by atoms with Gasteiger partial charge in [0.1, 0.15) is 0 Å². The number of nitrogens with two attached hydrogens (primary N) is 1. The summed E-state index contributed by atoms with van der Waals surface area (Å²) in [6.07, 6.45) is 1.93. The highest BCUT2D eigenvalue weighted by Gasteiger charge is 2.24. The molecule has 0 unspecified atom stereocenters. The molecule has 0 amide bonds. The summed E-state index contributed by atoms with van der Waals surface area (Å²) < 4.78 is 2.08. The Morgan fingerprint density at radius 1 is 1.13 bits per heavy atom. The zero-order chi connectivity index (χ0) is 15.8. The van der Waals surface area contributed by atoms with Gasteiger partial charge in [-0.3, -0.25) is 9.88 Å². The van der Waals surface area contributed by atoms with Crippen LogP contribution < -0.4 is 11.1 Å². The summed E-state index contributed by atoms with van der Waals surface area (Å²) in [7, 11) is 0. The van der Waals surface area contributed by atoms with Crippen molar-refractivity contribution in [2.75, 3.05) is 5.32 Å². The highest BCUT2D eigenvalue weighted by atomic mass is 15.4. The average molecular weight is 303 g/mol. The van der Waals surface area contributed by atoms with Crippen LogP contribution in [0.15, 0.2) is 65.2 Å². The van der Waals surface area contributed by atoms with E-state index in [0.29, 0.717) is 5.96 Å². The normalized spacial score (nSPS) is 17.5. The molecule has 1 aliphatic heterocycles. The summed E-state index contributed by atoms with van der Waals surface area (Å²) in [6, 6.07) is 18.2. The van der Waals surface area contributed by atoms with Crippen molar-refractivity contribution in [3.63, 3.8) is 0 Å². The Hall–Kier alpha value is -3.08. The molecule has 3 N–H and O–H groups in total. The Morgan fingerprint density at radius 3 is 2.70 bits per heavy atom. The molecule has 0 spiro atoms. The van der Waals surface area contributed by atoms with Gasteiger partial charge < -0.3 is 5.73 Å². The smallest absolute Gasteiger partial charge is 0.212 e. The van der Waals surface area contributed by atoms with Gasteiger partial charge in [0, 0.05) is 0 Å². The molecule has 5 heteroatoms. The van der Waals surface area contributed by atoms with Crippen LogP contribution >= 0.6 is 0 Å². The number of rotatable bonds is 2. The zero-order valence-electron chi connectivity index (χ0n) is 12.8. The summed E-state index contributed by atoms with van der Waals surface area (Å²) in [5.41, 5.74) is 10.2. The number of hydrogen-bond acceptors (Lipinski definition) is 4. The summed E-state index contributed by atoms with van der Waals surface area (Å²) in [4.78, 5) is 9.19. The first-order chi connectivity index (χ1) is 11.2. The van der Waals surface area contributed by atoms with Crippen LogP contribution in [0.5, 0.6) is 0 Å². The maximum atomic E-state index is 5.95. The Kier molecular flexibility index (Phi) is 3.12. The van der Waals surface area contributed by atoms with Gasteiger partial charge in [-0.2, -0.15) is 0 Å². The Balaban J connectivity index is 1.85. The van der Waals surface area contributed by atoms with Crippen molar-refractivity contribution in [1.29, 1.82) is 0 Å². The van der Waals surface area contributed by atoms with E-state index in [9.17, 15) is 0 Å². The monoisotopic (exact) mass is 303 g/mol. The second-order valence-electron chi connectivity index (χ2n) is 5.61. The van der Waals surface area contributed by atoms with Crippen molar-refractivity contribution in [3.05, 3.63) is 65.7 Å². The van der Waals surface area contributed by atoms with Gasteiger partial charge in [0.05, 0.1) is 11.0 Å². The number of hydrogen-bond donors (Lipinski definition) is 2. The van der Waals surface area contributed by atoms with E-state index in [4.69, 9.17) is 5.73 Å². The molecule has 1 atom stereocenters. The Labute approximate surface area is 134 Å². The first-order valence-corrected chi connectivity index (χ1v) is 7.53. The fourth-order valence-electron chi connectivity index (χ4n) is 2.91. The summed E-state index contributed by atoms with van der Waals surface area (Å²) in [6.45, 7) is 2.07. The standard InChI is InChI=1S/C18H17N5/c1-12(11-13-7-3-2-4-8-13)16-21-17(19)22-18-20-14-9-5-6-10-15(14)23(16)18/h2-11,16H,1H3,(H3,19,20,21,22)/b12-11+/t16-/m0/s1. The van der Waals surface area contributed by atoms with E-state index < -0.39 is 0 Å². The molecule has 2 heterocycles. The first kappa shape index (κ1) is 13.6. The molecular formula is C18H17N5. The topological polar surface area (TPSA) is 68.2 Å². The number of aromatic nitrogens is 2. The number of benzene rings is 2. The van der Waals surface area contributed by atoms with Crippen LogP contribution in [-0.2, 0) is 0 Å². The lowest BCUT2D eigenvalue weighted by Gasteiger charge is -2.24. The average Bonchev–Trinajstić information content (AvgIpc) is 2.93. The summed E-state index contributed by atoms with van der Waals surface area (Å²) in [5.74, 6) is 1.11. The molecule has 23 heavy (non-hydrogen) atoms. The van der Waals surface area contributed by atoms with Crippen LogP contribution in [0.4, 0.5) is 5.95 Å². The number of fused-ring (bicyclic) bond motifs is 3. The molecule has 0 saturated carbocycles. The SMILES string of the molecule is C/C(=C\c1ccccc1)[C@H]1N=C(N)Nc2nc3ccccc3n21. The maximum Gasteiger partial charge on any atom is 0.212 e. The highest BCUT2D eigenvalue weighted by molar-refractivity contribution is 5.94. The van der Waals surface area contributed by atoms with E-state index in [1.165, 1.54) is 0 Å². The van der Waals surface area contributed by atoms with Gasteiger partial charge in [-0.05, 0) is 30.2 Å². The van der Waals surface area contributed by atoms with E-state index >= 15 is 0 Å². The van der Waals surface area contributed by atoms with Gasteiger partial charge in [0.25, 0.3) is 0 Å². The van der Waals surface area contributed by atoms with Gasteiger partial charge in [-0.25, -0.2) is 9.98 Å². The summed E-state index contributed by atoms with van der Waals surface area (Å²) >= 11 is 0. The minimum atomic E-state index is -0.196. The van der Waals surface area contributed by atoms with Crippen LogP contribution in [0, 0.1) is 0 Å². The van der Waals surface area contributed by atoms with Gasteiger partial charge in [-0.1, -0.05) is 48.5 Å². The molecular weight excluding hydrogens is 286 g/mol. The third-order valence-corrected chi connectivity index (χ3v) is 3.94. The van der Waals surface area contributed by atoms with Crippen molar-refractivity contribution in [3.8, 4) is 0 Å². The molecule has 0 fully saturated rings. The van der Waals surface area contributed by atoms with Crippen LogP contribution in [0.2, 0.25) is 0 Å². The van der Waals surface area contributed by atoms with E-state index in [1.54, 1.807) is 0 Å². The van der Waals surface area contributed by atoms with E-state index in [2.05, 4.69) is 45.0 Å². The van der Waals surface area contributed by atoms with Crippen LogP contribution in [0.25, 0.3) is 17.1 Å². The molecule has 0 saturated heterocycles. The third kappa shape index (κ3) is 2.36. The molecule has 1 aliphatic rings. The quantitative estimate of drug-likeness (QED) is 0.762. The zero-order valence-corrected chi connectivity index (χ0v) is 12.8. The number of aliphatic imine (C=N–C) groups is 1. The molecule has 2 aromatic carbocycles. The lowest BCUT2D eigenvalue weighted by molar-refractivity contribution is 0.616. The largest absolute Gasteiger partial charge is 0.370 e. The van der Waals surface area contributed by atoms with Crippen molar-refractivity contribution in [2.45, 2.75) is 13.1 Å². The van der Waals surface area contributed by atoms with Crippen molar-refractivity contribution >= 4 is 29.0 Å². The van der Waals surface area contributed by atoms with Crippen molar-refractivity contribution in [1.82, 2.24) is 9.55 Å². The highest BCUT2D eigenvalue weighted by Crippen LogP contribution is 2.32. The van der Waals surface area contributed by atoms with E-state index in [-0.39, 0.29) is 6.17 Å². The molecule has 5 nitrogen and oxygen atoms in total. The molecule has 3 aromatic rings. The Bertz CT molecular complexity index is 921. The number of anilines is 1. The van der Waals surface area contributed by atoms with E-state index in [1.807, 2.05) is 42.5 Å². The minimum absolute atomic E-state index is 0.196. The minimum Gasteiger partial charge on any atom is -0.370 e. The fourth-order valence-corrected chi connectivity index (χ4v) is 2.91. The maximum absolute atomic E-state index is 5.95. The third-order valence-electron chi connectivity index (χ3n) is 3.94. The second kappa shape index (κ2) is 5.28. The number of guanidine groups is 1. The molecule has 114 valence electrons. The van der Waals surface area contributed by atoms with Gasteiger partial charge >= 0.3 is 0 Å². The molecule has 1 aromatic heterocycles. The van der Waals surface area contributed by atoms with Gasteiger partial charge in [0.2, 0.25) is 5.95 Å². The number of para-hydroxylation sites is 2. The predicted octanol–water partition coefficient (Wildman–Crippen LogP) is 3.38. The Morgan fingerprint density at radius 2 is 1.87 bits per heavy atom. The first-order valence-electron chi connectivity index (χ1n) is 7.53. The molecule has 4 rings (SSSR count). The lowest BCUT2D eigenvalue weighted by atomic mass is 10.1. The summed E-state index contributed by atoms with van der Waals surface area (Å²) in [5, 5.41) is 3.05. The molecule has 0 aliphatic carbocycles. The van der Waals surface area contributed by atoms with Crippen molar-refractivity contribution in [2.24, 2.45) is 10.7 Å². The number of nitrogens with zero attached hydrogens (tertiary/aromatic N) is 3.